The predicted octanol–water partition coefficient (Wildman–Crippen LogP) is 4.27. The van der Waals surface area contributed by atoms with Crippen LogP contribution < -0.4 is 5.56 Å². The molecule has 30 heavy (non-hydrogen) atoms. The van der Waals surface area contributed by atoms with Crippen molar-refractivity contribution < 1.29 is 17.4 Å². The molecule has 1 unspecified atom stereocenters. The molecule has 2 atom stereocenters. The average molecular weight is 440 g/mol. The fourth-order valence-electron chi connectivity index (χ4n) is 4.43. The molecule has 0 radical (unpaired) electrons. The first-order valence-electron chi connectivity index (χ1n) is 9.93. The van der Waals surface area contributed by atoms with Crippen LogP contribution in [0.5, 0.6) is 0 Å². The maximum absolute atomic E-state index is 14.4. The number of hydrogen-bond donors (Lipinski definition) is 0. The summed E-state index contributed by atoms with van der Waals surface area (Å²) in [6.45, 7) is 7.19. The zero-order valence-corrected chi connectivity index (χ0v) is 18.2. The fraction of sp³-hybridized carbons (Fsp3) is 0.571. The van der Waals surface area contributed by atoms with Crippen LogP contribution in [0, 0.1) is 5.82 Å². The second kappa shape index (κ2) is 6.73. The van der Waals surface area contributed by atoms with Gasteiger partial charge in [-0.2, -0.15) is 4.40 Å². The van der Waals surface area contributed by atoms with Crippen molar-refractivity contribution in [3.63, 3.8) is 0 Å². The summed E-state index contributed by atoms with van der Waals surface area (Å²) < 4.78 is 59.9. The van der Waals surface area contributed by atoms with Crippen LogP contribution in [0.4, 0.5) is 13.2 Å². The third kappa shape index (κ3) is 3.40. The van der Waals surface area contributed by atoms with Crippen molar-refractivity contribution in [2.75, 3.05) is 0 Å². The van der Waals surface area contributed by atoms with E-state index >= 15 is 0 Å². The molecule has 1 aliphatic carbocycles. The summed E-state index contributed by atoms with van der Waals surface area (Å²) in [5.41, 5.74) is -0.519. The molecule has 2 aliphatic rings. The summed E-state index contributed by atoms with van der Waals surface area (Å²) in [5.74, 6) is -3.07. The van der Waals surface area contributed by atoms with Gasteiger partial charge < -0.3 is 0 Å². The highest BCUT2D eigenvalue weighted by Crippen LogP contribution is 2.52. The van der Waals surface area contributed by atoms with Gasteiger partial charge in [0.1, 0.15) is 22.6 Å². The lowest BCUT2D eigenvalue weighted by Gasteiger charge is -2.23. The molecule has 4 rings (SSSR count). The zero-order chi connectivity index (χ0) is 22.1. The van der Waals surface area contributed by atoms with Crippen LogP contribution in [0.15, 0.2) is 21.3 Å². The van der Waals surface area contributed by atoms with Gasteiger partial charge in [-0.25, -0.2) is 22.4 Å². The molecule has 2 aromatic rings. The standard InChI is InChI=1S/C21H24F3N3O2S/c1-12(26-30(29)19(2,3)4)14-9-13(22)10-15-16(14)25-18-20(5-6-21(23,24)11-20)7-8-27(18)17(15)28/h9-10H,5-8,11H2,1-4H3/t20?,30-/m1/s1. The van der Waals surface area contributed by atoms with Gasteiger partial charge in [-0.15, -0.1) is 0 Å². The molecule has 1 aliphatic heterocycles. The second-order valence-electron chi connectivity index (χ2n) is 9.34. The Morgan fingerprint density at radius 3 is 2.53 bits per heavy atom. The monoisotopic (exact) mass is 439 g/mol. The van der Waals surface area contributed by atoms with Crippen molar-refractivity contribution in [3.8, 4) is 0 Å². The smallest absolute Gasteiger partial charge is 0.261 e. The molecule has 0 bridgehead atoms. The Morgan fingerprint density at radius 2 is 1.93 bits per heavy atom. The van der Waals surface area contributed by atoms with E-state index in [2.05, 4.69) is 9.38 Å². The molecule has 1 aromatic heterocycles. The molecule has 0 saturated heterocycles. The molecule has 0 N–H and O–H groups in total. The van der Waals surface area contributed by atoms with Gasteiger partial charge in [0.05, 0.1) is 21.4 Å². The number of nitrogens with zero attached hydrogens (tertiary/aromatic N) is 3. The normalized spacial score (nSPS) is 24.6. The number of rotatable bonds is 2. The number of halogens is 3. The van der Waals surface area contributed by atoms with Gasteiger partial charge in [-0.1, -0.05) is 0 Å². The maximum atomic E-state index is 14.4. The van der Waals surface area contributed by atoms with Crippen LogP contribution in [0.1, 0.15) is 64.8 Å². The molecular formula is C21H24F3N3O2S. The van der Waals surface area contributed by atoms with Crippen molar-refractivity contribution in [1.29, 1.82) is 0 Å². The Labute approximate surface area is 175 Å². The zero-order valence-electron chi connectivity index (χ0n) is 17.4. The van der Waals surface area contributed by atoms with Gasteiger partial charge in [0.15, 0.2) is 0 Å². The summed E-state index contributed by atoms with van der Waals surface area (Å²) in [6, 6.07) is 2.32. The highest BCUT2D eigenvalue weighted by molar-refractivity contribution is 7.85. The molecule has 162 valence electrons. The van der Waals surface area contributed by atoms with Gasteiger partial charge in [0.25, 0.3) is 5.56 Å². The molecule has 2 heterocycles. The molecule has 9 heteroatoms. The third-order valence-electron chi connectivity index (χ3n) is 6.01. The van der Waals surface area contributed by atoms with Crippen LogP contribution in [0.25, 0.3) is 10.9 Å². The Morgan fingerprint density at radius 1 is 1.23 bits per heavy atom. The van der Waals surface area contributed by atoms with E-state index < -0.39 is 38.4 Å². The molecular weight excluding hydrogens is 415 g/mol. The Kier molecular flexibility index (Phi) is 4.76. The van der Waals surface area contributed by atoms with Crippen molar-refractivity contribution >= 4 is 27.6 Å². The molecule has 0 amide bonds. The van der Waals surface area contributed by atoms with Gasteiger partial charge >= 0.3 is 0 Å². The first-order valence-corrected chi connectivity index (χ1v) is 11.0. The second-order valence-corrected chi connectivity index (χ2v) is 11.2. The summed E-state index contributed by atoms with van der Waals surface area (Å²) in [6.07, 6.45) is 0.105. The van der Waals surface area contributed by atoms with Gasteiger partial charge in [0, 0.05) is 30.4 Å². The van der Waals surface area contributed by atoms with Gasteiger partial charge in [-0.05, 0) is 52.7 Å². The van der Waals surface area contributed by atoms with Crippen LogP contribution in [-0.4, -0.2) is 30.1 Å². The van der Waals surface area contributed by atoms with Gasteiger partial charge in [0.2, 0.25) is 5.92 Å². The van der Waals surface area contributed by atoms with Crippen molar-refractivity contribution in [2.24, 2.45) is 4.40 Å². The van der Waals surface area contributed by atoms with Crippen molar-refractivity contribution in [2.45, 2.75) is 76.0 Å². The van der Waals surface area contributed by atoms with Crippen LogP contribution in [0.3, 0.4) is 0 Å². The number of benzene rings is 1. The minimum atomic E-state index is -2.78. The molecule has 5 nitrogen and oxygen atoms in total. The fourth-order valence-corrected chi connectivity index (χ4v) is 5.05. The average Bonchev–Trinajstić information content (AvgIpc) is 3.14. The van der Waals surface area contributed by atoms with E-state index in [0.717, 1.165) is 6.07 Å². The van der Waals surface area contributed by atoms with Crippen LogP contribution >= 0.6 is 0 Å². The Bertz CT molecular complexity index is 1170. The summed E-state index contributed by atoms with van der Waals surface area (Å²) in [5, 5.41) is 0.0756. The Hall–Kier alpha value is -2.03. The Balaban J connectivity index is 1.95. The van der Waals surface area contributed by atoms with E-state index in [9.17, 15) is 22.2 Å². The number of hydrogen-bond acceptors (Lipinski definition) is 3. The minimum Gasteiger partial charge on any atom is -0.296 e. The van der Waals surface area contributed by atoms with Crippen molar-refractivity contribution in [1.82, 2.24) is 9.55 Å². The number of fused-ring (bicyclic) bond motifs is 3. The quantitative estimate of drug-likeness (QED) is 0.657. The lowest BCUT2D eigenvalue weighted by Crippen LogP contribution is -2.28. The molecule has 1 saturated carbocycles. The largest absolute Gasteiger partial charge is 0.296 e. The van der Waals surface area contributed by atoms with E-state index in [1.165, 1.54) is 10.6 Å². The third-order valence-corrected chi connectivity index (χ3v) is 7.50. The number of alkyl halides is 2. The van der Waals surface area contributed by atoms with Crippen LogP contribution in [0.2, 0.25) is 0 Å². The topological polar surface area (TPSA) is 64.3 Å². The van der Waals surface area contributed by atoms with E-state index in [-0.39, 0.29) is 41.4 Å². The first kappa shape index (κ1) is 21.2. The molecule has 1 aromatic carbocycles. The maximum Gasteiger partial charge on any atom is 0.261 e. The van der Waals surface area contributed by atoms with Gasteiger partial charge in [-0.3, -0.25) is 9.36 Å². The lowest BCUT2D eigenvalue weighted by molar-refractivity contribution is 0.00242. The summed E-state index contributed by atoms with van der Waals surface area (Å²) in [4.78, 5) is 17.7. The van der Waals surface area contributed by atoms with Crippen LogP contribution in [-0.2, 0) is 22.9 Å². The SMILES string of the molecule is CC(=N[S@](=O)C(C)(C)C)c1cc(F)cc2c(=O)n3c(nc12)C1(CC3)CCC(F)(F)C1. The molecule has 1 spiro atoms. The summed E-state index contributed by atoms with van der Waals surface area (Å²) >= 11 is 0. The highest BCUT2D eigenvalue weighted by atomic mass is 32.2. The van der Waals surface area contributed by atoms with E-state index in [1.807, 2.05) is 0 Å². The molecule has 1 fully saturated rings. The van der Waals surface area contributed by atoms with Crippen molar-refractivity contribution in [3.05, 3.63) is 39.7 Å². The first-order chi connectivity index (χ1) is 13.8. The predicted molar refractivity (Wildman–Crippen MR) is 111 cm³/mol. The van der Waals surface area contributed by atoms with E-state index in [1.54, 1.807) is 27.7 Å². The van der Waals surface area contributed by atoms with E-state index in [4.69, 9.17) is 0 Å². The lowest BCUT2D eigenvalue weighted by atomic mass is 9.84. The van der Waals surface area contributed by atoms with E-state index in [0.29, 0.717) is 18.8 Å². The minimum absolute atomic E-state index is 0.0756. The number of aromatic nitrogens is 2. The highest BCUT2D eigenvalue weighted by Gasteiger charge is 2.54. The summed E-state index contributed by atoms with van der Waals surface area (Å²) in [7, 11) is -1.59.